The maximum atomic E-state index is 12.5. The normalized spacial score (nSPS) is 20.8. The Balaban J connectivity index is 1.79. The lowest BCUT2D eigenvalue weighted by Crippen LogP contribution is -2.20. The quantitative estimate of drug-likeness (QED) is 0.746. The van der Waals surface area contributed by atoms with Crippen LogP contribution in [-0.2, 0) is 6.42 Å². The summed E-state index contributed by atoms with van der Waals surface area (Å²) < 4.78 is 1.66. The number of hydrogen-bond donors (Lipinski definition) is 0. The van der Waals surface area contributed by atoms with Gasteiger partial charge in [0.05, 0.1) is 5.69 Å². The van der Waals surface area contributed by atoms with Crippen LogP contribution >= 0.6 is 11.3 Å². The first-order valence-corrected chi connectivity index (χ1v) is 8.06. The fourth-order valence-corrected chi connectivity index (χ4v) is 3.75. The van der Waals surface area contributed by atoms with E-state index in [-0.39, 0.29) is 5.56 Å². The molecule has 21 heavy (non-hydrogen) atoms. The van der Waals surface area contributed by atoms with Gasteiger partial charge in [-0.3, -0.25) is 14.2 Å². The number of fused-ring (bicyclic) bond motifs is 1. The van der Waals surface area contributed by atoms with E-state index in [9.17, 15) is 4.79 Å². The molecule has 0 N–H and O–H groups in total. The van der Waals surface area contributed by atoms with Crippen molar-refractivity contribution in [2.24, 2.45) is 0 Å². The Morgan fingerprint density at radius 2 is 2.33 bits per heavy atom. The number of hydrogen-bond acceptors (Lipinski definition) is 4. The molecule has 4 rings (SSSR count). The van der Waals surface area contributed by atoms with Crippen molar-refractivity contribution in [3.05, 3.63) is 63.3 Å². The molecule has 0 spiro atoms. The van der Waals surface area contributed by atoms with Gasteiger partial charge in [0.1, 0.15) is 0 Å². The summed E-state index contributed by atoms with van der Waals surface area (Å²) in [5.41, 5.74) is 3.20. The van der Waals surface area contributed by atoms with E-state index in [2.05, 4.69) is 11.1 Å². The van der Waals surface area contributed by atoms with E-state index in [1.54, 1.807) is 10.6 Å². The molecule has 3 heterocycles. The SMILES string of the molecule is CCc1c(C2CC2c2cccnc2)nc2sccn2c1=O. The van der Waals surface area contributed by atoms with Crippen LogP contribution in [0.1, 0.15) is 42.0 Å². The Morgan fingerprint density at radius 1 is 1.43 bits per heavy atom. The molecular formula is C16H15N3OS. The molecule has 3 aromatic rings. The third-order valence-corrected chi connectivity index (χ3v) is 4.96. The summed E-state index contributed by atoms with van der Waals surface area (Å²) in [6.07, 6.45) is 7.32. The topological polar surface area (TPSA) is 47.3 Å². The van der Waals surface area contributed by atoms with Crippen molar-refractivity contribution in [3.8, 4) is 0 Å². The number of thiazole rings is 1. The van der Waals surface area contributed by atoms with E-state index in [1.165, 1.54) is 16.9 Å². The van der Waals surface area contributed by atoms with E-state index in [0.717, 1.165) is 29.1 Å². The van der Waals surface area contributed by atoms with Gasteiger partial charge in [0.15, 0.2) is 4.96 Å². The molecular weight excluding hydrogens is 282 g/mol. The molecule has 1 aliphatic rings. The Morgan fingerprint density at radius 3 is 3.10 bits per heavy atom. The Labute approximate surface area is 126 Å². The van der Waals surface area contributed by atoms with Gasteiger partial charge >= 0.3 is 0 Å². The standard InChI is InChI=1S/C16H15N3OS/c1-2-11-14(18-16-19(15(11)20)6-7-21-16)13-8-12(13)10-4-3-5-17-9-10/h3-7,9,12-13H,2,8H2,1H3. The Hall–Kier alpha value is -2.01. The molecule has 0 saturated heterocycles. The van der Waals surface area contributed by atoms with Crippen molar-refractivity contribution in [2.45, 2.75) is 31.6 Å². The lowest BCUT2D eigenvalue weighted by molar-refractivity contribution is 0.880. The molecule has 0 aliphatic heterocycles. The highest BCUT2D eigenvalue weighted by Gasteiger charge is 2.42. The van der Waals surface area contributed by atoms with E-state index in [1.807, 2.05) is 30.8 Å². The first-order valence-electron chi connectivity index (χ1n) is 7.18. The smallest absolute Gasteiger partial charge is 0.261 e. The largest absolute Gasteiger partial charge is 0.269 e. The second kappa shape index (κ2) is 4.77. The van der Waals surface area contributed by atoms with Crippen LogP contribution in [0.5, 0.6) is 0 Å². The van der Waals surface area contributed by atoms with Gasteiger partial charge in [-0.15, -0.1) is 11.3 Å². The average molecular weight is 297 g/mol. The minimum Gasteiger partial charge on any atom is -0.269 e. The molecule has 1 aliphatic carbocycles. The highest BCUT2D eigenvalue weighted by atomic mass is 32.1. The zero-order valence-corrected chi connectivity index (χ0v) is 12.5. The third-order valence-electron chi connectivity index (χ3n) is 4.20. The molecule has 5 heteroatoms. The van der Waals surface area contributed by atoms with Crippen LogP contribution in [0, 0.1) is 0 Å². The zero-order valence-electron chi connectivity index (χ0n) is 11.7. The number of pyridine rings is 1. The van der Waals surface area contributed by atoms with Gasteiger partial charge in [0, 0.05) is 35.5 Å². The molecule has 1 fully saturated rings. The molecule has 0 amide bonds. The van der Waals surface area contributed by atoms with Crippen LogP contribution in [-0.4, -0.2) is 14.4 Å². The Bertz CT molecular complexity index is 853. The highest BCUT2D eigenvalue weighted by molar-refractivity contribution is 7.15. The summed E-state index contributed by atoms with van der Waals surface area (Å²) in [7, 11) is 0. The first-order chi connectivity index (χ1) is 10.3. The molecule has 0 bridgehead atoms. The fourth-order valence-electron chi connectivity index (χ4n) is 3.03. The maximum Gasteiger partial charge on any atom is 0.261 e. The zero-order chi connectivity index (χ0) is 14.4. The predicted octanol–water partition coefficient (Wildman–Crippen LogP) is 2.98. The van der Waals surface area contributed by atoms with Crippen LogP contribution in [0.4, 0.5) is 0 Å². The molecule has 4 nitrogen and oxygen atoms in total. The van der Waals surface area contributed by atoms with E-state index >= 15 is 0 Å². The van der Waals surface area contributed by atoms with Crippen LogP contribution in [0.15, 0.2) is 40.9 Å². The highest BCUT2D eigenvalue weighted by Crippen LogP contribution is 2.54. The summed E-state index contributed by atoms with van der Waals surface area (Å²) in [6, 6.07) is 4.08. The predicted molar refractivity (Wildman–Crippen MR) is 83.1 cm³/mol. The minimum absolute atomic E-state index is 0.0931. The van der Waals surface area contributed by atoms with Crippen LogP contribution in [0.25, 0.3) is 4.96 Å². The van der Waals surface area contributed by atoms with Gasteiger partial charge in [0.25, 0.3) is 5.56 Å². The molecule has 2 atom stereocenters. The van der Waals surface area contributed by atoms with Crippen molar-refractivity contribution in [3.63, 3.8) is 0 Å². The molecule has 0 radical (unpaired) electrons. The van der Waals surface area contributed by atoms with Crippen molar-refractivity contribution >= 4 is 16.3 Å². The van der Waals surface area contributed by atoms with Crippen molar-refractivity contribution in [1.29, 1.82) is 0 Å². The molecule has 2 unspecified atom stereocenters. The van der Waals surface area contributed by atoms with Gasteiger partial charge in [-0.2, -0.15) is 0 Å². The Kier molecular flexibility index (Phi) is 2.89. The van der Waals surface area contributed by atoms with Crippen molar-refractivity contribution in [1.82, 2.24) is 14.4 Å². The molecule has 1 saturated carbocycles. The summed E-state index contributed by atoms with van der Waals surface area (Å²) in [6.45, 7) is 2.03. The molecule has 0 aromatic carbocycles. The molecule has 3 aromatic heterocycles. The van der Waals surface area contributed by atoms with Crippen molar-refractivity contribution in [2.75, 3.05) is 0 Å². The lowest BCUT2D eigenvalue weighted by Gasteiger charge is -2.07. The summed E-state index contributed by atoms with van der Waals surface area (Å²) >= 11 is 1.52. The van der Waals surface area contributed by atoms with Crippen LogP contribution in [0.2, 0.25) is 0 Å². The fraction of sp³-hybridized carbons (Fsp3) is 0.312. The summed E-state index contributed by atoms with van der Waals surface area (Å²) in [5, 5.41) is 1.92. The van der Waals surface area contributed by atoms with Gasteiger partial charge < -0.3 is 0 Å². The van der Waals surface area contributed by atoms with E-state index in [4.69, 9.17) is 4.98 Å². The number of aromatic nitrogens is 3. The van der Waals surface area contributed by atoms with Crippen LogP contribution < -0.4 is 5.56 Å². The van der Waals surface area contributed by atoms with Crippen molar-refractivity contribution < 1.29 is 0 Å². The summed E-state index contributed by atoms with van der Waals surface area (Å²) in [5.74, 6) is 0.822. The van der Waals surface area contributed by atoms with E-state index < -0.39 is 0 Å². The van der Waals surface area contributed by atoms with E-state index in [0.29, 0.717) is 11.8 Å². The van der Waals surface area contributed by atoms with Gasteiger partial charge in [-0.25, -0.2) is 4.98 Å². The molecule has 106 valence electrons. The maximum absolute atomic E-state index is 12.5. The number of rotatable bonds is 3. The second-order valence-electron chi connectivity index (χ2n) is 5.42. The average Bonchev–Trinajstić information content (AvgIpc) is 3.18. The van der Waals surface area contributed by atoms with Crippen LogP contribution in [0.3, 0.4) is 0 Å². The lowest BCUT2D eigenvalue weighted by atomic mass is 10.1. The second-order valence-corrected chi connectivity index (χ2v) is 6.30. The third kappa shape index (κ3) is 2.00. The van der Waals surface area contributed by atoms with Gasteiger partial charge in [-0.05, 0) is 30.4 Å². The van der Waals surface area contributed by atoms with Gasteiger partial charge in [-0.1, -0.05) is 13.0 Å². The minimum atomic E-state index is 0.0931. The van der Waals surface area contributed by atoms with Gasteiger partial charge in [0.2, 0.25) is 0 Å². The summed E-state index contributed by atoms with van der Waals surface area (Å²) in [4.78, 5) is 22.3. The first kappa shape index (κ1) is 12.7. The number of nitrogens with zero attached hydrogens (tertiary/aromatic N) is 3. The monoisotopic (exact) mass is 297 g/mol.